The molecule has 5 aliphatic carbocycles. The SMILES string of the molecule is O=C(NCc1cc(Cl)ccc1Cl)[C@H]1C[C@@]2(O)[C@@H]3N(CC4CC4)C4C5C43Cc3ccc(O)cc3[C@]52C1. The standard InChI is InChI=1S/C28H28Cl2N2O3/c29-18-4-6-21(30)16(7-18)12-31-24(34)17-10-27-20-8-19(33)5-3-15(20)9-26-22(27)23(26)32(13-14-1-2-14)25(26)28(27,35)11-17/h3-8,14,17,22-23,25,33,35H,1-2,9-13H2,(H,31,34)/t17-,22?,23?,25-,26?,27-,28-/m1/s1. The molecule has 8 rings (SSSR count). The number of rotatable bonds is 5. The predicted octanol–water partition coefficient (Wildman–Crippen LogP) is 4.04. The Bertz CT molecular complexity index is 1310. The van der Waals surface area contributed by atoms with E-state index < -0.39 is 11.0 Å². The van der Waals surface area contributed by atoms with Crippen LogP contribution in [-0.4, -0.2) is 45.2 Å². The normalized spacial score (nSPS) is 41.6. The van der Waals surface area contributed by atoms with Crippen LogP contribution in [-0.2, 0) is 23.2 Å². The third-order valence-electron chi connectivity index (χ3n) is 10.5. The second kappa shape index (κ2) is 6.55. The molecule has 0 radical (unpaired) electrons. The van der Waals surface area contributed by atoms with E-state index in [1.54, 1.807) is 24.3 Å². The van der Waals surface area contributed by atoms with Crippen molar-refractivity contribution in [2.24, 2.45) is 23.2 Å². The highest BCUT2D eigenvalue weighted by molar-refractivity contribution is 6.33. The highest BCUT2D eigenvalue weighted by atomic mass is 35.5. The Balaban J connectivity index is 1.14. The first-order chi connectivity index (χ1) is 16.8. The van der Waals surface area contributed by atoms with E-state index in [4.69, 9.17) is 23.2 Å². The van der Waals surface area contributed by atoms with Gasteiger partial charge in [0.2, 0.25) is 5.91 Å². The molecule has 1 heterocycles. The number of piperidine rings is 1. The van der Waals surface area contributed by atoms with Crippen molar-refractivity contribution >= 4 is 29.1 Å². The lowest BCUT2D eigenvalue weighted by atomic mass is 9.63. The molecule has 5 nitrogen and oxygen atoms in total. The molecule has 7 atom stereocenters. The number of aliphatic hydroxyl groups is 1. The number of fused-ring (bicyclic) bond motifs is 2. The van der Waals surface area contributed by atoms with Crippen molar-refractivity contribution in [1.82, 2.24) is 10.2 Å². The van der Waals surface area contributed by atoms with Crippen molar-refractivity contribution in [3.63, 3.8) is 0 Å². The van der Waals surface area contributed by atoms with Crippen LogP contribution in [0.3, 0.4) is 0 Å². The molecule has 0 aromatic heterocycles. The molecule has 6 aliphatic rings. The van der Waals surface area contributed by atoms with Crippen molar-refractivity contribution in [2.75, 3.05) is 6.54 Å². The van der Waals surface area contributed by atoms with E-state index in [1.807, 2.05) is 12.1 Å². The monoisotopic (exact) mass is 510 g/mol. The fraction of sp³-hybridized carbons (Fsp3) is 0.536. The van der Waals surface area contributed by atoms with E-state index in [0.717, 1.165) is 30.0 Å². The number of nitrogens with zero attached hydrogens (tertiary/aromatic N) is 1. The summed E-state index contributed by atoms with van der Waals surface area (Å²) in [7, 11) is 0. The van der Waals surface area contributed by atoms with E-state index in [1.165, 1.54) is 18.4 Å². The number of halogens is 2. The van der Waals surface area contributed by atoms with Crippen LogP contribution in [0.1, 0.15) is 42.4 Å². The first-order valence-corrected chi connectivity index (χ1v) is 13.6. The number of hydrogen-bond acceptors (Lipinski definition) is 4. The molecular formula is C28H28Cl2N2O3. The van der Waals surface area contributed by atoms with Crippen molar-refractivity contribution < 1.29 is 15.0 Å². The molecule has 2 bridgehead atoms. The van der Waals surface area contributed by atoms with Crippen LogP contribution >= 0.6 is 23.2 Å². The summed E-state index contributed by atoms with van der Waals surface area (Å²) in [6.07, 6.45) is 4.67. The summed E-state index contributed by atoms with van der Waals surface area (Å²) in [6.45, 7) is 1.39. The summed E-state index contributed by atoms with van der Waals surface area (Å²) in [4.78, 5) is 16.1. The second-order valence-corrected chi connectivity index (χ2v) is 12.9. The molecule has 7 heteroatoms. The van der Waals surface area contributed by atoms with Gasteiger partial charge in [0.25, 0.3) is 0 Å². The van der Waals surface area contributed by atoms with E-state index >= 15 is 0 Å². The van der Waals surface area contributed by atoms with Crippen LogP contribution < -0.4 is 5.32 Å². The lowest BCUT2D eigenvalue weighted by molar-refractivity contribution is -0.151. The average molecular weight is 511 g/mol. The summed E-state index contributed by atoms with van der Waals surface area (Å²) in [5.74, 6) is 1.06. The Morgan fingerprint density at radius 1 is 1.14 bits per heavy atom. The Morgan fingerprint density at radius 2 is 1.97 bits per heavy atom. The van der Waals surface area contributed by atoms with Crippen molar-refractivity contribution in [3.8, 4) is 5.75 Å². The molecule has 5 fully saturated rings. The van der Waals surface area contributed by atoms with Gasteiger partial charge in [-0.2, -0.15) is 0 Å². The predicted molar refractivity (Wildman–Crippen MR) is 132 cm³/mol. The first-order valence-electron chi connectivity index (χ1n) is 12.8. The minimum absolute atomic E-state index is 0.0392. The quantitative estimate of drug-likeness (QED) is 0.567. The number of hydrogen-bond donors (Lipinski definition) is 3. The number of carbonyl (C=O) groups excluding carboxylic acids is 1. The molecule has 1 saturated heterocycles. The van der Waals surface area contributed by atoms with Gasteiger partial charge in [0.1, 0.15) is 5.75 Å². The number of phenols is 1. The summed E-state index contributed by atoms with van der Waals surface area (Å²) >= 11 is 12.4. The lowest BCUT2D eigenvalue weighted by Crippen LogP contribution is -2.70. The summed E-state index contributed by atoms with van der Waals surface area (Å²) < 4.78 is 0. The van der Waals surface area contributed by atoms with Gasteiger partial charge in [0.15, 0.2) is 0 Å². The third kappa shape index (κ3) is 2.42. The molecule has 35 heavy (non-hydrogen) atoms. The molecule has 2 aromatic carbocycles. The lowest BCUT2D eigenvalue weighted by Gasteiger charge is -2.56. The Morgan fingerprint density at radius 3 is 2.77 bits per heavy atom. The zero-order valence-electron chi connectivity index (χ0n) is 19.3. The molecule has 4 saturated carbocycles. The van der Waals surface area contributed by atoms with Gasteiger partial charge in [-0.25, -0.2) is 0 Å². The van der Waals surface area contributed by atoms with Crippen LogP contribution in [0.4, 0.5) is 0 Å². The van der Waals surface area contributed by atoms with Gasteiger partial charge < -0.3 is 15.5 Å². The van der Waals surface area contributed by atoms with E-state index in [0.29, 0.717) is 41.4 Å². The topological polar surface area (TPSA) is 72.8 Å². The maximum Gasteiger partial charge on any atom is 0.223 e. The highest BCUT2D eigenvalue weighted by Crippen LogP contribution is 2.89. The van der Waals surface area contributed by atoms with Gasteiger partial charge in [-0.1, -0.05) is 29.3 Å². The van der Waals surface area contributed by atoms with Crippen LogP contribution in [0.2, 0.25) is 10.0 Å². The first kappa shape index (κ1) is 21.3. The van der Waals surface area contributed by atoms with Gasteiger partial charge in [-0.3, -0.25) is 9.69 Å². The van der Waals surface area contributed by atoms with E-state index in [-0.39, 0.29) is 29.0 Å². The molecule has 1 amide bonds. The highest BCUT2D eigenvalue weighted by Gasteiger charge is 2.98. The smallest absolute Gasteiger partial charge is 0.223 e. The number of benzene rings is 2. The van der Waals surface area contributed by atoms with Crippen molar-refractivity contribution in [2.45, 2.75) is 61.7 Å². The van der Waals surface area contributed by atoms with E-state index in [9.17, 15) is 15.0 Å². The number of aromatic hydroxyl groups is 1. The number of phenolic OH excluding ortho intramolecular Hbond substituents is 1. The number of likely N-dealkylation sites (tertiary alicyclic amines) is 1. The van der Waals surface area contributed by atoms with Gasteiger partial charge in [0, 0.05) is 52.0 Å². The fourth-order valence-electron chi connectivity index (χ4n) is 9.35. The van der Waals surface area contributed by atoms with Crippen LogP contribution in [0, 0.1) is 23.2 Å². The van der Waals surface area contributed by atoms with Crippen molar-refractivity contribution in [1.29, 1.82) is 0 Å². The maximum atomic E-state index is 13.5. The minimum atomic E-state index is -0.948. The molecule has 2 spiro atoms. The molecular weight excluding hydrogens is 483 g/mol. The van der Waals surface area contributed by atoms with Crippen LogP contribution in [0.25, 0.3) is 0 Å². The molecule has 2 aromatic rings. The van der Waals surface area contributed by atoms with Crippen LogP contribution in [0.15, 0.2) is 36.4 Å². The third-order valence-corrected chi connectivity index (χ3v) is 11.1. The fourth-order valence-corrected chi connectivity index (χ4v) is 9.72. The van der Waals surface area contributed by atoms with Gasteiger partial charge in [-0.05, 0) is 91.0 Å². The zero-order chi connectivity index (χ0) is 23.9. The van der Waals surface area contributed by atoms with E-state index in [2.05, 4.69) is 10.2 Å². The summed E-state index contributed by atoms with van der Waals surface area (Å²) in [5, 5.41) is 27.2. The van der Waals surface area contributed by atoms with Gasteiger partial charge in [0.05, 0.1) is 5.60 Å². The Hall–Kier alpha value is -1.79. The van der Waals surface area contributed by atoms with Gasteiger partial charge in [-0.15, -0.1) is 0 Å². The average Bonchev–Trinajstić information content (AvgIpc) is 3.69. The molecule has 1 aliphatic heterocycles. The number of carbonyl (C=O) groups is 1. The largest absolute Gasteiger partial charge is 0.508 e. The maximum absolute atomic E-state index is 13.5. The Kier molecular flexibility index (Phi) is 3.99. The molecule has 182 valence electrons. The van der Waals surface area contributed by atoms with Crippen LogP contribution in [0.5, 0.6) is 5.75 Å². The Labute approximate surface area is 214 Å². The summed E-state index contributed by atoms with van der Waals surface area (Å²) in [6, 6.07) is 11.6. The summed E-state index contributed by atoms with van der Waals surface area (Å²) in [5.41, 5.74) is 1.88. The van der Waals surface area contributed by atoms with Gasteiger partial charge >= 0.3 is 0 Å². The molecule has 3 unspecified atom stereocenters. The zero-order valence-corrected chi connectivity index (χ0v) is 20.8. The number of amides is 1. The van der Waals surface area contributed by atoms with Crippen molar-refractivity contribution in [3.05, 3.63) is 63.1 Å². The number of nitrogens with one attached hydrogen (secondary N) is 1. The molecule has 3 N–H and O–H groups in total. The minimum Gasteiger partial charge on any atom is -0.508 e. The second-order valence-electron chi connectivity index (χ2n) is 12.1.